The summed E-state index contributed by atoms with van der Waals surface area (Å²) >= 11 is 0.669. The van der Waals surface area contributed by atoms with Gasteiger partial charge in [-0.1, -0.05) is 30.3 Å². The molecule has 0 radical (unpaired) electrons. The van der Waals surface area contributed by atoms with Gasteiger partial charge in [0.15, 0.2) is 5.01 Å². The highest BCUT2D eigenvalue weighted by Crippen LogP contribution is 2.35. The van der Waals surface area contributed by atoms with Gasteiger partial charge in [0.05, 0.1) is 6.04 Å². The molecule has 0 aliphatic rings. The fourth-order valence-corrected chi connectivity index (χ4v) is 2.59. The van der Waals surface area contributed by atoms with E-state index >= 15 is 0 Å². The molecule has 2 rings (SSSR count). The normalized spacial score (nSPS) is 13.6. The highest BCUT2D eigenvalue weighted by Gasteiger charge is 2.35. The Hall–Kier alpha value is -1.40. The van der Waals surface area contributed by atoms with Gasteiger partial charge in [0.2, 0.25) is 0 Å². The zero-order chi connectivity index (χ0) is 13.2. The summed E-state index contributed by atoms with van der Waals surface area (Å²) < 4.78 is 37.5. The van der Waals surface area contributed by atoms with Gasteiger partial charge < -0.3 is 5.32 Å². The number of hydrogen-bond acceptors (Lipinski definition) is 3. The number of alkyl halides is 3. The Morgan fingerprint density at radius 1 is 1.22 bits per heavy atom. The van der Waals surface area contributed by atoms with Gasteiger partial charge in [-0.3, -0.25) is 0 Å². The van der Waals surface area contributed by atoms with Gasteiger partial charge in [0.25, 0.3) is 0 Å². The first-order valence-corrected chi connectivity index (χ1v) is 6.09. The maximum Gasteiger partial charge on any atom is 0.443 e. The van der Waals surface area contributed by atoms with Gasteiger partial charge in [-0.15, -0.1) is 11.3 Å². The fraction of sp³-hybridized carbons (Fsp3) is 0.250. The summed E-state index contributed by atoms with van der Waals surface area (Å²) in [4.78, 5) is 3.99. The van der Waals surface area contributed by atoms with Crippen molar-refractivity contribution in [2.24, 2.45) is 0 Å². The van der Waals surface area contributed by atoms with Gasteiger partial charge in [-0.2, -0.15) is 13.2 Å². The molecular formula is C12H11F3N2S. The van der Waals surface area contributed by atoms with Crippen LogP contribution in [0.3, 0.4) is 0 Å². The third-order valence-corrected chi connectivity index (χ3v) is 3.58. The molecule has 0 fully saturated rings. The number of nitrogens with zero attached hydrogens (tertiary/aromatic N) is 1. The van der Waals surface area contributed by atoms with E-state index in [4.69, 9.17) is 0 Å². The van der Waals surface area contributed by atoms with E-state index in [1.165, 1.54) is 6.20 Å². The Bertz CT molecular complexity index is 508. The number of halogens is 3. The van der Waals surface area contributed by atoms with Crippen LogP contribution in [-0.4, -0.2) is 12.0 Å². The minimum Gasteiger partial charge on any atom is -0.309 e. The van der Waals surface area contributed by atoms with Gasteiger partial charge in [-0.05, 0) is 12.6 Å². The lowest BCUT2D eigenvalue weighted by atomic mass is 10.1. The molecule has 1 unspecified atom stereocenters. The predicted molar refractivity (Wildman–Crippen MR) is 64.5 cm³/mol. The Kier molecular flexibility index (Phi) is 3.68. The summed E-state index contributed by atoms with van der Waals surface area (Å²) in [5, 5.41) is 2.19. The van der Waals surface area contributed by atoms with Crippen LogP contribution in [-0.2, 0) is 6.18 Å². The topological polar surface area (TPSA) is 24.9 Å². The van der Waals surface area contributed by atoms with E-state index in [2.05, 4.69) is 10.3 Å². The van der Waals surface area contributed by atoms with Crippen molar-refractivity contribution in [3.8, 4) is 0 Å². The zero-order valence-electron chi connectivity index (χ0n) is 9.53. The zero-order valence-corrected chi connectivity index (χ0v) is 10.3. The summed E-state index contributed by atoms with van der Waals surface area (Å²) in [5.41, 5.74) is 0.914. The first-order chi connectivity index (χ1) is 8.52. The molecule has 0 spiro atoms. The van der Waals surface area contributed by atoms with Crippen molar-refractivity contribution in [1.82, 2.24) is 10.3 Å². The third-order valence-electron chi connectivity index (χ3n) is 2.47. The van der Waals surface area contributed by atoms with E-state index in [1.54, 1.807) is 7.05 Å². The first kappa shape index (κ1) is 13.0. The molecule has 6 heteroatoms. The standard InChI is InChI=1S/C12H11F3N2S/c1-16-10(8-5-3-2-4-6-8)9-7-17-11(18-9)12(13,14)15/h2-7,10,16H,1H3. The van der Waals surface area contributed by atoms with Crippen molar-refractivity contribution in [2.75, 3.05) is 7.05 Å². The van der Waals surface area contributed by atoms with Crippen LogP contribution in [0, 0.1) is 0 Å². The summed E-state index contributed by atoms with van der Waals surface area (Å²) in [6, 6.07) is 9.04. The molecule has 1 atom stereocenters. The molecule has 0 saturated heterocycles. The van der Waals surface area contributed by atoms with Crippen molar-refractivity contribution < 1.29 is 13.2 Å². The molecule has 0 amide bonds. The van der Waals surface area contributed by atoms with Crippen LogP contribution in [0.15, 0.2) is 36.5 Å². The van der Waals surface area contributed by atoms with Crippen LogP contribution in [0.25, 0.3) is 0 Å². The molecule has 1 aromatic carbocycles. The van der Waals surface area contributed by atoms with Crippen LogP contribution in [0.2, 0.25) is 0 Å². The Morgan fingerprint density at radius 3 is 2.39 bits per heavy atom. The first-order valence-electron chi connectivity index (χ1n) is 5.27. The van der Waals surface area contributed by atoms with Crippen LogP contribution in [0.1, 0.15) is 21.5 Å². The lowest BCUT2D eigenvalue weighted by Gasteiger charge is -2.14. The Balaban J connectivity index is 2.32. The number of hydrogen-bond donors (Lipinski definition) is 1. The number of rotatable bonds is 3. The molecule has 1 aromatic heterocycles. The van der Waals surface area contributed by atoms with Crippen molar-refractivity contribution in [3.05, 3.63) is 52.0 Å². The van der Waals surface area contributed by atoms with E-state index < -0.39 is 11.2 Å². The monoisotopic (exact) mass is 272 g/mol. The highest BCUT2D eigenvalue weighted by atomic mass is 32.1. The van der Waals surface area contributed by atoms with Crippen molar-refractivity contribution in [1.29, 1.82) is 0 Å². The van der Waals surface area contributed by atoms with Gasteiger partial charge in [0.1, 0.15) is 0 Å². The van der Waals surface area contributed by atoms with Gasteiger partial charge in [-0.25, -0.2) is 4.98 Å². The molecule has 0 saturated carbocycles. The number of nitrogens with one attached hydrogen (secondary N) is 1. The average Bonchev–Trinajstić information content (AvgIpc) is 2.81. The third kappa shape index (κ3) is 2.70. The van der Waals surface area contributed by atoms with Crippen LogP contribution in [0.4, 0.5) is 13.2 Å². The minimum absolute atomic E-state index is 0.264. The molecule has 0 bridgehead atoms. The van der Waals surface area contributed by atoms with Crippen LogP contribution >= 0.6 is 11.3 Å². The molecule has 0 aliphatic heterocycles. The minimum atomic E-state index is -4.38. The summed E-state index contributed by atoms with van der Waals surface area (Å²) in [7, 11) is 1.71. The predicted octanol–water partition coefficient (Wildman–Crippen LogP) is 3.47. The van der Waals surface area contributed by atoms with Gasteiger partial charge >= 0.3 is 6.18 Å². The van der Waals surface area contributed by atoms with E-state index in [0.717, 1.165) is 5.56 Å². The smallest absolute Gasteiger partial charge is 0.309 e. The van der Waals surface area contributed by atoms with E-state index in [-0.39, 0.29) is 6.04 Å². The van der Waals surface area contributed by atoms with Crippen molar-refractivity contribution >= 4 is 11.3 Å². The molecule has 2 aromatic rings. The molecule has 1 heterocycles. The Morgan fingerprint density at radius 2 is 1.89 bits per heavy atom. The SMILES string of the molecule is CNC(c1ccccc1)c1cnc(C(F)(F)F)s1. The summed E-state index contributed by atoms with van der Waals surface area (Å²) in [5.74, 6) is 0. The quantitative estimate of drug-likeness (QED) is 0.925. The number of aromatic nitrogens is 1. The summed E-state index contributed by atoms with van der Waals surface area (Å²) in [6.07, 6.45) is -3.10. The van der Waals surface area contributed by atoms with Crippen LogP contribution in [0.5, 0.6) is 0 Å². The summed E-state index contributed by atoms with van der Waals surface area (Å²) in [6.45, 7) is 0. The number of thiazole rings is 1. The number of benzene rings is 1. The van der Waals surface area contributed by atoms with Crippen LogP contribution < -0.4 is 5.32 Å². The van der Waals surface area contributed by atoms with Gasteiger partial charge in [0, 0.05) is 11.1 Å². The van der Waals surface area contributed by atoms with E-state index in [1.807, 2.05) is 30.3 Å². The van der Waals surface area contributed by atoms with Crippen molar-refractivity contribution in [3.63, 3.8) is 0 Å². The molecule has 96 valence electrons. The molecular weight excluding hydrogens is 261 g/mol. The Labute approximate surface area is 106 Å². The second-order valence-corrected chi connectivity index (χ2v) is 4.76. The highest BCUT2D eigenvalue weighted by molar-refractivity contribution is 7.11. The maximum absolute atomic E-state index is 12.5. The van der Waals surface area contributed by atoms with Crippen molar-refractivity contribution in [2.45, 2.75) is 12.2 Å². The van der Waals surface area contributed by atoms with E-state index in [9.17, 15) is 13.2 Å². The lowest BCUT2D eigenvalue weighted by molar-refractivity contribution is -0.137. The largest absolute Gasteiger partial charge is 0.443 e. The molecule has 2 nitrogen and oxygen atoms in total. The second kappa shape index (κ2) is 5.07. The molecule has 1 N–H and O–H groups in total. The second-order valence-electron chi connectivity index (χ2n) is 3.70. The lowest BCUT2D eigenvalue weighted by Crippen LogP contribution is -2.16. The van der Waals surface area contributed by atoms with E-state index in [0.29, 0.717) is 16.2 Å². The maximum atomic E-state index is 12.5. The average molecular weight is 272 g/mol. The fourth-order valence-electron chi connectivity index (χ4n) is 1.67. The molecule has 18 heavy (non-hydrogen) atoms. The molecule has 0 aliphatic carbocycles.